The van der Waals surface area contributed by atoms with Gasteiger partial charge < -0.3 is 21.3 Å². The topological polar surface area (TPSA) is 99.3 Å². The molecule has 2 aliphatic carbocycles. The second-order valence-corrected chi connectivity index (χ2v) is 9.55. The fourth-order valence-electron chi connectivity index (χ4n) is 4.18. The molecule has 0 aromatic heterocycles. The molecule has 0 atom stereocenters. The predicted octanol–water partition coefficient (Wildman–Crippen LogP) is 5.11. The summed E-state index contributed by atoms with van der Waals surface area (Å²) in [7, 11) is 0. The van der Waals surface area contributed by atoms with Gasteiger partial charge in [-0.15, -0.1) is 0 Å². The average molecular weight is 483 g/mol. The van der Waals surface area contributed by atoms with Crippen LogP contribution < -0.4 is 21.3 Å². The number of rotatable bonds is 8. The molecule has 2 saturated carbocycles. The molecule has 4 N–H and O–H groups in total. The molecule has 3 amide bonds. The highest BCUT2D eigenvalue weighted by Gasteiger charge is 2.30. The van der Waals surface area contributed by atoms with Gasteiger partial charge in [-0.1, -0.05) is 36.9 Å². The van der Waals surface area contributed by atoms with Crippen molar-refractivity contribution in [2.75, 3.05) is 22.5 Å². The van der Waals surface area contributed by atoms with Crippen LogP contribution in [0.5, 0.6) is 0 Å². The average Bonchev–Trinajstić information content (AvgIpc) is 3.67. The van der Waals surface area contributed by atoms with Crippen molar-refractivity contribution in [3.63, 3.8) is 0 Å². The molecule has 0 saturated heterocycles. The van der Waals surface area contributed by atoms with Crippen LogP contribution in [0.3, 0.4) is 0 Å². The Morgan fingerprint density at radius 1 is 0.941 bits per heavy atom. The van der Waals surface area contributed by atoms with E-state index in [9.17, 15) is 14.4 Å². The van der Waals surface area contributed by atoms with Crippen LogP contribution in [0.15, 0.2) is 36.4 Å². The number of carbonyl (C=O) groups excluding carboxylic acids is 3. The van der Waals surface area contributed by atoms with Crippen molar-refractivity contribution in [3.8, 4) is 0 Å². The second-order valence-electron chi connectivity index (χ2n) is 9.15. The summed E-state index contributed by atoms with van der Waals surface area (Å²) < 4.78 is 0. The van der Waals surface area contributed by atoms with Crippen LogP contribution in [-0.4, -0.2) is 30.3 Å². The Morgan fingerprint density at radius 2 is 1.65 bits per heavy atom. The SMILES string of the molecule is Cc1c(NC(=O)CNc2ccc(Cl)c(C(=O)NC3CCCCC3)c2)cccc1NC(=O)C1CC1. The molecule has 34 heavy (non-hydrogen) atoms. The number of nitrogens with one attached hydrogen (secondary N) is 4. The molecule has 7 nitrogen and oxygen atoms in total. The minimum atomic E-state index is -0.239. The maximum atomic E-state index is 12.7. The van der Waals surface area contributed by atoms with E-state index in [1.54, 1.807) is 30.3 Å². The van der Waals surface area contributed by atoms with Gasteiger partial charge in [0.15, 0.2) is 0 Å². The summed E-state index contributed by atoms with van der Waals surface area (Å²) in [4.78, 5) is 37.4. The van der Waals surface area contributed by atoms with Gasteiger partial charge in [0.05, 0.1) is 17.1 Å². The zero-order valence-electron chi connectivity index (χ0n) is 19.4. The first-order valence-corrected chi connectivity index (χ1v) is 12.3. The Bertz CT molecular complexity index is 1080. The van der Waals surface area contributed by atoms with Crippen LogP contribution >= 0.6 is 11.6 Å². The zero-order valence-corrected chi connectivity index (χ0v) is 20.1. The van der Waals surface area contributed by atoms with Crippen LogP contribution in [-0.2, 0) is 9.59 Å². The van der Waals surface area contributed by atoms with E-state index < -0.39 is 0 Å². The maximum absolute atomic E-state index is 12.7. The van der Waals surface area contributed by atoms with E-state index in [4.69, 9.17) is 11.6 Å². The fraction of sp³-hybridized carbons (Fsp3) is 0.423. The zero-order chi connectivity index (χ0) is 24.1. The molecule has 2 aliphatic rings. The molecular weight excluding hydrogens is 452 g/mol. The highest BCUT2D eigenvalue weighted by molar-refractivity contribution is 6.34. The standard InChI is InChI=1S/C26H31ClN4O3/c1-16-22(8-5-9-23(16)31-25(33)17-10-11-17)30-24(32)15-28-19-12-13-21(27)20(14-19)26(34)29-18-6-3-2-4-7-18/h5,8-9,12-14,17-18,28H,2-4,6-7,10-11,15H2,1H3,(H,29,34)(H,30,32)(H,31,33). The third-order valence-corrected chi connectivity index (χ3v) is 6.75. The summed E-state index contributed by atoms with van der Waals surface area (Å²) in [5.41, 5.74) is 3.18. The molecule has 0 bridgehead atoms. The normalized spacial score (nSPS) is 15.9. The quantitative estimate of drug-likeness (QED) is 0.420. The second kappa shape index (κ2) is 10.9. The van der Waals surface area contributed by atoms with Crippen molar-refractivity contribution in [1.82, 2.24) is 5.32 Å². The van der Waals surface area contributed by atoms with Crippen LogP contribution in [0.1, 0.15) is 60.9 Å². The first-order valence-electron chi connectivity index (χ1n) is 12.0. The van der Waals surface area contributed by atoms with Crippen molar-refractivity contribution < 1.29 is 14.4 Å². The molecule has 180 valence electrons. The minimum absolute atomic E-state index is 0.0173. The molecule has 0 unspecified atom stereocenters. The van der Waals surface area contributed by atoms with Gasteiger partial charge in [0.1, 0.15) is 0 Å². The molecule has 8 heteroatoms. The first-order chi connectivity index (χ1) is 16.4. The summed E-state index contributed by atoms with van der Waals surface area (Å²) in [5, 5.41) is 12.3. The lowest BCUT2D eigenvalue weighted by molar-refractivity contribution is -0.117. The molecular formula is C26H31ClN4O3. The number of benzene rings is 2. The molecule has 4 rings (SSSR count). The van der Waals surface area contributed by atoms with E-state index in [0.29, 0.717) is 27.6 Å². The lowest BCUT2D eigenvalue weighted by atomic mass is 9.95. The monoisotopic (exact) mass is 482 g/mol. The van der Waals surface area contributed by atoms with Crippen molar-refractivity contribution >= 4 is 46.4 Å². The summed E-state index contributed by atoms with van der Waals surface area (Å²) in [6.45, 7) is 1.88. The van der Waals surface area contributed by atoms with Gasteiger partial charge in [-0.2, -0.15) is 0 Å². The van der Waals surface area contributed by atoms with Gasteiger partial charge in [-0.3, -0.25) is 14.4 Å². The fourth-order valence-corrected chi connectivity index (χ4v) is 4.39. The Morgan fingerprint density at radius 3 is 2.35 bits per heavy atom. The number of carbonyl (C=O) groups is 3. The highest BCUT2D eigenvalue weighted by Crippen LogP contribution is 2.31. The first kappa shape index (κ1) is 24.1. The van der Waals surface area contributed by atoms with Gasteiger partial charge >= 0.3 is 0 Å². The van der Waals surface area contributed by atoms with Gasteiger partial charge in [-0.25, -0.2) is 0 Å². The van der Waals surface area contributed by atoms with E-state index in [2.05, 4.69) is 21.3 Å². The van der Waals surface area contributed by atoms with Crippen molar-refractivity contribution in [3.05, 3.63) is 52.5 Å². The maximum Gasteiger partial charge on any atom is 0.253 e. The molecule has 2 aromatic rings. The summed E-state index contributed by atoms with van der Waals surface area (Å²) in [6, 6.07) is 10.7. The van der Waals surface area contributed by atoms with Gasteiger partial charge in [-0.05, 0) is 68.5 Å². The van der Waals surface area contributed by atoms with Crippen LogP contribution in [0.2, 0.25) is 5.02 Å². The number of amides is 3. The van der Waals surface area contributed by atoms with Crippen molar-refractivity contribution in [2.45, 2.75) is 57.9 Å². The van der Waals surface area contributed by atoms with Crippen molar-refractivity contribution in [2.24, 2.45) is 5.92 Å². The minimum Gasteiger partial charge on any atom is -0.376 e. The Hall–Kier alpha value is -3.06. The summed E-state index contributed by atoms with van der Waals surface area (Å²) in [5.74, 6) is -0.294. The molecule has 2 aromatic carbocycles. The van der Waals surface area contributed by atoms with E-state index in [-0.39, 0.29) is 36.2 Å². The van der Waals surface area contributed by atoms with E-state index >= 15 is 0 Å². The lowest BCUT2D eigenvalue weighted by Crippen LogP contribution is -2.36. The predicted molar refractivity (Wildman–Crippen MR) is 135 cm³/mol. The molecule has 0 aliphatic heterocycles. The van der Waals surface area contributed by atoms with Crippen molar-refractivity contribution in [1.29, 1.82) is 0 Å². The Labute approximate surface area is 205 Å². The number of halogens is 1. The molecule has 0 spiro atoms. The number of hydrogen-bond donors (Lipinski definition) is 4. The largest absolute Gasteiger partial charge is 0.376 e. The van der Waals surface area contributed by atoms with Crippen LogP contribution in [0.4, 0.5) is 17.1 Å². The number of hydrogen-bond acceptors (Lipinski definition) is 4. The Balaban J connectivity index is 1.33. The highest BCUT2D eigenvalue weighted by atomic mass is 35.5. The van der Waals surface area contributed by atoms with Gasteiger partial charge in [0, 0.05) is 29.0 Å². The van der Waals surface area contributed by atoms with Gasteiger partial charge in [0.25, 0.3) is 5.91 Å². The number of anilines is 3. The molecule has 0 radical (unpaired) electrons. The Kier molecular flexibility index (Phi) is 7.73. The third kappa shape index (κ3) is 6.29. The summed E-state index contributed by atoms with van der Waals surface area (Å²) in [6.07, 6.45) is 7.32. The van der Waals surface area contributed by atoms with Gasteiger partial charge in [0.2, 0.25) is 11.8 Å². The summed E-state index contributed by atoms with van der Waals surface area (Å²) >= 11 is 6.27. The lowest BCUT2D eigenvalue weighted by Gasteiger charge is -2.23. The van der Waals surface area contributed by atoms with E-state index in [1.165, 1.54) is 6.42 Å². The smallest absolute Gasteiger partial charge is 0.253 e. The third-order valence-electron chi connectivity index (χ3n) is 6.42. The van der Waals surface area contributed by atoms with Crippen LogP contribution in [0.25, 0.3) is 0 Å². The van der Waals surface area contributed by atoms with E-state index in [1.807, 2.05) is 13.0 Å². The van der Waals surface area contributed by atoms with E-state index in [0.717, 1.165) is 44.1 Å². The molecule has 0 heterocycles. The van der Waals surface area contributed by atoms with Crippen LogP contribution in [0, 0.1) is 12.8 Å². The molecule has 2 fully saturated rings.